The van der Waals surface area contributed by atoms with Crippen molar-refractivity contribution in [1.82, 2.24) is 30.2 Å². The van der Waals surface area contributed by atoms with Crippen molar-refractivity contribution in [2.75, 3.05) is 52.1 Å². The van der Waals surface area contributed by atoms with Crippen molar-refractivity contribution >= 4 is 28.9 Å². The van der Waals surface area contributed by atoms with Crippen LogP contribution >= 0.6 is 0 Å². The third-order valence-corrected chi connectivity index (χ3v) is 8.87. The van der Waals surface area contributed by atoms with E-state index in [-0.39, 0.29) is 87.4 Å². The number of anilines is 1. The normalized spacial score (nSPS) is 27.0. The van der Waals surface area contributed by atoms with E-state index >= 15 is 0 Å². The lowest BCUT2D eigenvalue weighted by atomic mass is 9.95. The Morgan fingerprint density at radius 3 is 2.47 bits per heavy atom. The van der Waals surface area contributed by atoms with Crippen LogP contribution in [-0.4, -0.2) is 149 Å². The number of nitrogens with two attached hydrogens (primary N) is 1. The summed E-state index contributed by atoms with van der Waals surface area (Å²) in [5.41, 5.74) is 5.70. The molecule has 20 nitrogen and oxygen atoms in total. The molecule has 20 heteroatoms. The number of hydrogen-bond donors (Lipinski definition) is 6. The van der Waals surface area contributed by atoms with Gasteiger partial charge in [0.15, 0.2) is 23.7 Å². The second-order valence-electron chi connectivity index (χ2n) is 14.0. The van der Waals surface area contributed by atoms with Gasteiger partial charge >= 0.3 is 0 Å². The molecule has 0 spiro atoms. The number of ether oxygens (including phenoxy) is 8. The number of amides is 2. The van der Waals surface area contributed by atoms with Crippen molar-refractivity contribution in [2.45, 2.75) is 135 Å². The highest BCUT2D eigenvalue weighted by atomic mass is 16.7. The maximum Gasteiger partial charge on any atom is 0.280 e. The molecule has 0 aromatic carbocycles. The van der Waals surface area contributed by atoms with Crippen LogP contribution in [0.15, 0.2) is 11.1 Å². The molecule has 0 saturated carbocycles. The fourth-order valence-electron chi connectivity index (χ4n) is 6.28. The predicted molar refractivity (Wildman–Crippen MR) is 195 cm³/mol. The van der Waals surface area contributed by atoms with Gasteiger partial charge < -0.3 is 64.5 Å². The number of nitrogens with one attached hydrogen (secondary N) is 3. The number of aliphatic hydroxyl groups excluding tert-OH is 2. The summed E-state index contributed by atoms with van der Waals surface area (Å²) in [5, 5.41) is 26.1. The average Bonchev–Trinajstić information content (AvgIpc) is 3.69. The molecular weight excluding hydrogens is 726 g/mol. The summed E-state index contributed by atoms with van der Waals surface area (Å²) < 4.78 is 49.2. The summed E-state index contributed by atoms with van der Waals surface area (Å²) >= 11 is 0. The number of hydrogen-bond acceptors (Lipinski definition) is 16. The van der Waals surface area contributed by atoms with Crippen molar-refractivity contribution < 1.29 is 57.7 Å². The number of carbonyl (C=O) groups is 2. The summed E-state index contributed by atoms with van der Waals surface area (Å²) in [4.78, 5) is 47.3. The lowest BCUT2D eigenvalue weighted by Gasteiger charge is -2.42. The minimum atomic E-state index is -1.23. The highest BCUT2D eigenvalue weighted by molar-refractivity contribution is 5.75. The first-order chi connectivity index (χ1) is 26.3. The van der Waals surface area contributed by atoms with E-state index in [0.717, 1.165) is 0 Å². The summed E-state index contributed by atoms with van der Waals surface area (Å²) in [7, 11) is 0. The molecule has 2 aliphatic rings. The Morgan fingerprint density at radius 2 is 1.76 bits per heavy atom. The molecule has 9 atom stereocenters. The van der Waals surface area contributed by atoms with Crippen LogP contribution in [0.5, 0.6) is 0 Å². The zero-order valence-corrected chi connectivity index (χ0v) is 32.5. The third kappa shape index (κ3) is 12.9. The van der Waals surface area contributed by atoms with Gasteiger partial charge in [-0.3, -0.25) is 23.9 Å². The topological polar surface area (TPSA) is 262 Å². The fraction of sp³-hybridized carbons (Fsp3) is 0.800. The standard InChI is InChI=1S/C35H59N7O13/c1-7-22-27(45)28(46)25(39-21(6)43)34(55-22)50-12-9-8-10-24(44)37-11-13-48-14-15-49-18-52-30-29(53-20(4)5)23(16-51-19(2)3)54-33(30)42-17-38-26-31(42)40-35(36)41-32(26)47/h17,19-20,22-23,25,27-30,33-34,45-46H,7-16,18H2,1-6H3,(H,37,44)(H,39,43)(H3,36,40,41,47)/t22-,23-,25-,27+,28-,29-,30-,33-,34-/m1/s1. The molecule has 0 bridgehead atoms. The van der Waals surface area contributed by atoms with E-state index < -0.39 is 60.7 Å². The number of rotatable bonds is 23. The quantitative estimate of drug-likeness (QED) is 0.0633. The molecule has 312 valence electrons. The van der Waals surface area contributed by atoms with E-state index in [0.29, 0.717) is 25.8 Å². The van der Waals surface area contributed by atoms with Crippen molar-refractivity contribution in [3.63, 3.8) is 0 Å². The monoisotopic (exact) mass is 785 g/mol. The summed E-state index contributed by atoms with van der Waals surface area (Å²) in [6.07, 6.45) is -3.40. The number of aromatic amines is 1. The number of nitrogens with zero attached hydrogens (tertiary/aromatic N) is 3. The molecule has 0 aliphatic carbocycles. The number of aliphatic hydroxyl groups is 2. The van der Waals surface area contributed by atoms with Crippen LogP contribution in [-0.2, 0) is 47.5 Å². The molecular formula is C35H59N7O13. The van der Waals surface area contributed by atoms with Gasteiger partial charge in [-0.05, 0) is 47.0 Å². The van der Waals surface area contributed by atoms with Crippen LogP contribution in [0.4, 0.5) is 5.95 Å². The van der Waals surface area contributed by atoms with Gasteiger partial charge in [-0.25, -0.2) is 4.98 Å². The molecule has 2 saturated heterocycles. The Morgan fingerprint density at radius 1 is 1.00 bits per heavy atom. The number of fused-ring (bicyclic) bond motifs is 1. The second kappa shape index (κ2) is 21.8. The predicted octanol–water partition coefficient (Wildman–Crippen LogP) is -0.142. The number of H-pyrrole nitrogens is 1. The first-order valence-electron chi connectivity index (χ1n) is 18.9. The largest absolute Gasteiger partial charge is 0.388 e. The SMILES string of the molecule is CC[C@H]1O[C@@H](OCCCCC(=O)NCCOCCOCO[C@@H]2[C@H](OC(C)C)[C@@H](COC(C)C)O[C@H]2n2cnc3c(=O)[nH]c(N)nc32)[C@H](NC(C)=O)[C@@H](O)[C@H]1O. The highest BCUT2D eigenvalue weighted by Gasteiger charge is 2.49. The molecule has 2 amide bonds. The lowest BCUT2D eigenvalue weighted by Crippen LogP contribution is -2.63. The van der Waals surface area contributed by atoms with Crippen molar-refractivity contribution in [3.8, 4) is 0 Å². The van der Waals surface area contributed by atoms with Crippen molar-refractivity contribution in [3.05, 3.63) is 16.7 Å². The Hall–Kier alpha value is -3.31. The molecule has 4 heterocycles. The molecule has 2 aromatic heterocycles. The van der Waals surface area contributed by atoms with E-state index in [2.05, 4.69) is 25.6 Å². The molecule has 4 rings (SSSR count). The molecule has 7 N–H and O–H groups in total. The first-order valence-corrected chi connectivity index (χ1v) is 18.9. The van der Waals surface area contributed by atoms with Gasteiger partial charge in [-0.2, -0.15) is 4.98 Å². The second-order valence-corrected chi connectivity index (χ2v) is 14.0. The summed E-state index contributed by atoms with van der Waals surface area (Å²) in [6, 6.07) is -0.910. The van der Waals surface area contributed by atoms with E-state index in [4.69, 9.17) is 43.6 Å². The molecule has 2 aliphatic heterocycles. The van der Waals surface area contributed by atoms with Crippen LogP contribution in [0.1, 0.15) is 73.5 Å². The highest BCUT2D eigenvalue weighted by Crippen LogP contribution is 2.36. The molecule has 2 fully saturated rings. The lowest BCUT2D eigenvalue weighted by molar-refractivity contribution is -0.265. The van der Waals surface area contributed by atoms with Gasteiger partial charge in [0.25, 0.3) is 5.56 Å². The van der Waals surface area contributed by atoms with Crippen LogP contribution in [0.25, 0.3) is 11.2 Å². The Kier molecular flexibility index (Phi) is 17.6. The van der Waals surface area contributed by atoms with Crippen LogP contribution in [0, 0.1) is 0 Å². The zero-order valence-electron chi connectivity index (χ0n) is 32.5. The number of nitrogen functional groups attached to an aromatic ring is 1. The van der Waals surface area contributed by atoms with E-state index in [9.17, 15) is 24.6 Å². The number of carbonyl (C=O) groups excluding carboxylic acids is 2. The van der Waals surface area contributed by atoms with Gasteiger partial charge in [0.2, 0.25) is 17.8 Å². The van der Waals surface area contributed by atoms with Crippen molar-refractivity contribution in [2.24, 2.45) is 0 Å². The molecule has 55 heavy (non-hydrogen) atoms. The van der Waals surface area contributed by atoms with Crippen LogP contribution in [0.2, 0.25) is 0 Å². The minimum absolute atomic E-state index is 0.0457. The summed E-state index contributed by atoms with van der Waals surface area (Å²) in [6.45, 7) is 12.2. The average molecular weight is 786 g/mol. The number of unbranched alkanes of at least 4 members (excludes halogenated alkanes) is 1. The van der Waals surface area contributed by atoms with Gasteiger partial charge in [0, 0.05) is 26.5 Å². The van der Waals surface area contributed by atoms with Gasteiger partial charge in [-0.15, -0.1) is 0 Å². The fourth-order valence-corrected chi connectivity index (χ4v) is 6.28. The van der Waals surface area contributed by atoms with Gasteiger partial charge in [0.05, 0.1) is 51.1 Å². The Labute approximate surface area is 320 Å². The third-order valence-electron chi connectivity index (χ3n) is 8.87. The summed E-state index contributed by atoms with van der Waals surface area (Å²) in [5.74, 6) is -0.581. The van der Waals surface area contributed by atoms with E-state index in [1.807, 2.05) is 34.6 Å². The molecule has 0 unspecified atom stereocenters. The first kappa shape index (κ1) is 44.4. The van der Waals surface area contributed by atoms with E-state index in [1.165, 1.54) is 13.3 Å². The molecule has 0 radical (unpaired) electrons. The van der Waals surface area contributed by atoms with Crippen molar-refractivity contribution in [1.29, 1.82) is 0 Å². The van der Waals surface area contributed by atoms with Gasteiger partial charge in [-0.1, -0.05) is 6.92 Å². The maximum atomic E-state index is 12.5. The van der Waals surface area contributed by atoms with Crippen LogP contribution < -0.4 is 21.9 Å². The Bertz CT molecular complexity index is 1540. The minimum Gasteiger partial charge on any atom is -0.388 e. The smallest absolute Gasteiger partial charge is 0.280 e. The number of aromatic nitrogens is 4. The number of imidazole rings is 1. The van der Waals surface area contributed by atoms with E-state index in [1.54, 1.807) is 4.57 Å². The van der Waals surface area contributed by atoms with Crippen LogP contribution in [0.3, 0.4) is 0 Å². The Balaban J connectivity index is 1.15. The molecule has 2 aromatic rings. The van der Waals surface area contributed by atoms with Gasteiger partial charge in [0.1, 0.15) is 43.4 Å². The maximum absolute atomic E-state index is 12.5. The zero-order chi connectivity index (χ0) is 40.1.